The number of nitrogens with two attached hydrogens (primary N) is 1. The molecule has 1 aromatic carbocycles. The van der Waals surface area contributed by atoms with Crippen LogP contribution in [0.3, 0.4) is 0 Å². The molecule has 0 bridgehead atoms. The number of aromatic hydroxyl groups is 1. The molecule has 10 heteroatoms. The molecule has 1 amide bonds. The number of amides is 1. The second kappa shape index (κ2) is 8.97. The fourth-order valence-electron chi connectivity index (χ4n) is 5.98. The second-order valence-electron chi connectivity index (χ2n) is 11.7. The molecular formula is C27H35N3O7. The Morgan fingerprint density at radius 3 is 2.41 bits per heavy atom. The van der Waals surface area contributed by atoms with Gasteiger partial charge in [0.05, 0.1) is 11.6 Å². The molecule has 1 aromatic rings. The predicted molar refractivity (Wildman–Crippen MR) is 135 cm³/mol. The van der Waals surface area contributed by atoms with E-state index in [0.29, 0.717) is 24.2 Å². The average Bonchev–Trinajstić information content (AvgIpc) is 2.76. The van der Waals surface area contributed by atoms with Crippen LogP contribution in [0.15, 0.2) is 29.0 Å². The van der Waals surface area contributed by atoms with Gasteiger partial charge < -0.3 is 31.5 Å². The van der Waals surface area contributed by atoms with Crippen LogP contribution in [0.4, 0.5) is 0 Å². The van der Waals surface area contributed by atoms with Gasteiger partial charge in [0.15, 0.2) is 11.4 Å². The summed E-state index contributed by atoms with van der Waals surface area (Å²) in [6.45, 7) is 7.24. The lowest BCUT2D eigenvalue weighted by molar-refractivity contribution is -0.153. The van der Waals surface area contributed by atoms with Crippen LogP contribution in [0.5, 0.6) is 5.75 Å². The SMILES string of the molecule is CN(C)[C@H]1C(=O)C(C(N)=O)=C(O)[C@@]2(O)C(=O)C3=C(O)c4c(ccc(CNCC(C)(C)C)c4O)C[C@H]3C[C@@H]12. The molecule has 0 aromatic heterocycles. The van der Waals surface area contributed by atoms with Crippen molar-refractivity contribution >= 4 is 23.2 Å². The standard InChI is InChI=1S/C27H35N3O7/c1-26(2,3)11-29-10-13-7-6-12-8-14-9-15-19(30(4)5)22(33)18(25(28)36)24(35)27(15,37)23(34)17(14)21(32)16(12)20(13)31/h6-7,14-15,19,29,31-32,35,37H,8-11H2,1-5H3,(H2,28,36)/t14-,15-,19+,27-/m0/s1. The minimum atomic E-state index is -2.63. The quantitative estimate of drug-likeness (QED) is 0.315. The summed E-state index contributed by atoms with van der Waals surface area (Å²) >= 11 is 0. The summed E-state index contributed by atoms with van der Waals surface area (Å²) in [6.07, 6.45) is 0.346. The molecule has 0 aliphatic heterocycles. The zero-order chi connectivity index (χ0) is 27.6. The van der Waals surface area contributed by atoms with Crippen LogP contribution in [0.1, 0.15) is 43.9 Å². The molecule has 7 N–H and O–H groups in total. The van der Waals surface area contributed by atoms with E-state index in [1.165, 1.54) is 4.90 Å². The molecule has 0 radical (unpaired) electrons. The van der Waals surface area contributed by atoms with Crippen LogP contribution in [-0.2, 0) is 27.3 Å². The zero-order valence-corrected chi connectivity index (χ0v) is 21.8. The van der Waals surface area contributed by atoms with Crippen LogP contribution in [-0.4, -0.2) is 75.1 Å². The van der Waals surface area contributed by atoms with Crippen molar-refractivity contribution in [1.82, 2.24) is 10.2 Å². The van der Waals surface area contributed by atoms with E-state index in [1.807, 2.05) is 0 Å². The van der Waals surface area contributed by atoms with Gasteiger partial charge in [-0.2, -0.15) is 0 Å². The van der Waals surface area contributed by atoms with E-state index in [-0.39, 0.29) is 35.1 Å². The third-order valence-electron chi connectivity index (χ3n) is 7.65. The first-order valence-corrected chi connectivity index (χ1v) is 12.3. The van der Waals surface area contributed by atoms with E-state index in [2.05, 4.69) is 26.1 Å². The average molecular weight is 514 g/mol. The Labute approximate surface area is 215 Å². The highest BCUT2D eigenvalue weighted by molar-refractivity contribution is 6.24. The number of likely N-dealkylation sites (N-methyl/N-ethyl adjacent to an activating group) is 1. The van der Waals surface area contributed by atoms with Gasteiger partial charge in [0.25, 0.3) is 5.91 Å². The van der Waals surface area contributed by atoms with Crippen LogP contribution < -0.4 is 11.1 Å². The lowest BCUT2D eigenvalue weighted by Gasteiger charge is -2.50. The largest absolute Gasteiger partial charge is 0.508 e. The molecular weight excluding hydrogens is 478 g/mol. The third kappa shape index (κ3) is 4.13. The van der Waals surface area contributed by atoms with E-state index < -0.39 is 58.0 Å². The maximum Gasteiger partial charge on any atom is 0.255 e. The number of benzene rings is 1. The highest BCUT2D eigenvalue weighted by atomic mass is 16.3. The molecule has 0 heterocycles. The summed E-state index contributed by atoms with van der Waals surface area (Å²) in [5.74, 6) is -6.44. The van der Waals surface area contributed by atoms with Crippen LogP contribution in [0.2, 0.25) is 0 Å². The number of hydrogen-bond donors (Lipinski definition) is 6. The Morgan fingerprint density at radius 2 is 1.84 bits per heavy atom. The third-order valence-corrected chi connectivity index (χ3v) is 7.65. The maximum absolute atomic E-state index is 13.8. The monoisotopic (exact) mass is 513 g/mol. The normalized spacial score (nSPS) is 27.8. The molecule has 3 aliphatic carbocycles. The Kier molecular flexibility index (Phi) is 6.51. The number of primary amides is 1. The van der Waals surface area contributed by atoms with Crippen molar-refractivity contribution in [1.29, 1.82) is 0 Å². The van der Waals surface area contributed by atoms with Crippen molar-refractivity contribution in [3.8, 4) is 5.75 Å². The van der Waals surface area contributed by atoms with Crippen molar-refractivity contribution < 1.29 is 34.8 Å². The number of phenols is 1. The van der Waals surface area contributed by atoms with Gasteiger partial charge in [-0.3, -0.25) is 19.3 Å². The number of rotatable bonds is 5. The lowest BCUT2D eigenvalue weighted by atomic mass is 9.57. The number of phenolic OH excluding ortho intramolecular Hbond substituents is 1. The molecule has 0 unspecified atom stereocenters. The first-order valence-electron chi connectivity index (χ1n) is 12.3. The van der Waals surface area contributed by atoms with Gasteiger partial charge >= 0.3 is 0 Å². The number of aliphatic hydroxyl groups is 3. The summed E-state index contributed by atoms with van der Waals surface area (Å²) < 4.78 is 0. The van der Waals surface area contributed by atoms with Crippen LogP contribution in [0.25, 0.3) is 5.76 Å². The number of hydrogen-bond acceptors (Lipinski definition) is 9. The van der Waals surface area contributed by atoms with E-state index in [9.17, 15) is 34.8 Å². The Balaban J connectivity index is 1.83. The van der Waals surface area contributed by atoms with Crippen molar-refractivity contribution in [2.75, 3.05) is 20.6 Å². The molecule has 0 spiro atoms. The maximum atomic E-state index is 13.8. The minimum Gasteiger partial charge on any atom is -0.508 e. The topological polar surface area (TPSA) is 173 Å². The Hall–Kier alpha value is -3.21. The molecule has 0 saturated heterocycles. The van der Waals surface area contributed by atoms with E-state index in [1.54, 1.807) is 26.2 Å². The number of Topliss-reactive ketones (excluding diaryl/α,β-unsaturated/α-hetero) is 2. The zero-order valence-electron chi connectivity index (χ0n) is 21.8. The molecule has 10 nitrogen and oxygen atoms in total. The molecule has 3 aliphatic rings. The number of nitrogens with zero attached hydrogens (tertiary/aromatic N) is 1. The van der Waals surface area contributed by atoms with Gasteiger partial charge in [-0.15, -0.1) is 0 Å². The fraction of sp³-hybridized carbons (Fsp3) is 0.519. The Bertz CT molecular complexity index is 1260. The van der Waals surface area contributed by atoms with Gasteiger partial charge in [-0.1, -0.05) is 32.9 Å². The highest BCUT2D eigenvalue weighted by Crippen LogP contribution is 2.52. The minimum absolute atomic E-state index is 0.0206. The number of carbonyl (C=O) groups is 3. The van der Waals surface area contributed by atoms with E-state index in [4.69, 9.17) is 5.73 Å². The molecule has 4 atom stereocenters. The molecule has 200 valence electrons. The van der Waals surface area contributed by atoms with Gasteiger partial charge in [-0.05, 0) is 43.8 Å². The molecule has 37 heavy (non-hydrogen) atoms. The lowest BCUT2D eigenvalue weighted by Crippen LogP contribution is -2.65. The second-order valence-corrected chi connectivity index (χ2v) is 11.7. The summed E-state index contributed by atoms with van der Waals surface area (Å²) in [7, 11) is 3.14. The summed E-state index contributed by atoms with van der Waals surface area (Å²) in [5, 5.41) is 48.1. The van der Waals surface area contributed by atoms with Crippen molar-refractivity contribution in [3.05, 3.63) is 45.7 Å². The van der Waals surface area contributed by atoms with Gasteiger partial charge in [-0.25, -0.2) is 0 Å². The van der Waals surface area contributed by atoms with Gasteiger partial charge in [0, 0.05) is 30.1 Å². The summed E-state index contributed by atoms with van der Waals surface area (Å²) in [5.41, 5.74) is 3.02. The number of aliphatic hydroxyl groups excluding tert-OH is 2. The van der Waals surface area contributed by atoms with Crippen molar-refractivity contribution in [3.63, 3.8) is 0 Å². The number of carbonyl (C=O) groups excluding carboxylic acids is 3. The van der Waals surface area contributed by atoms with Crippen molar-refractivity contribution in [2.24, 2.45) is 23.0 Å². The smallest absolute Gasteiger partial charge is 0.255 e. The number of fused-ring (bicyclic) bond motifs is 3. The van der Waals surface area contributed by atoms with E-state index in [0.717, 1.165) is 0 Å². The molecule has 1 fully saturated rings. The van der Waals surface area contributed by atoms with Gasteiger partial charge in [0.1, 0.15) is 22.8 Å². The first kappa shape index (κ1) is 26.8. The summed E-state index contributed by atoms with van der Waals surface area (Å²) in [4.78, 5) is 40.5. The predicted octanol–water partition coefficient (Wildman–Crippen LogP) is 1.10. The Morgan fingerprint density at radius 1 is 1.19 bits per heavy atom. The fourth-order valence-corrected chi connectivity index (χ4v) is 5.98. The number of nitrogens with one attached hydrogen (secondary N) is 1. The van der Waals surface area contributed by atoms with Crippen LogP contribution >= 0.6 is 0 Å². The highest BCUT2D eigenvalue weighted by Gasteiger charge is 2.64. The van der Waals surface area contributed by atoms with Crippen LogP contribution in [0, 0.1) is 17.3 Å². The van der Waals surface area contributed by atoms with Gasteiger partial charge in [0.2, 0.25) is 5.78 Å². The first-order chi connectivity index (χ1) is 17.1. The van der Waals surface area contributed by atoms with E-state index >= 15 is 0 Å². The molecule has 4 rings (SSSR count). The summed E-state index contributed by atoms with van der Waals surface area (Å²) in [6, 6.07) is 2.46. The van der Waals surface area contributed by atoms with Crippen molar-refractivity contribution in [2.45, 2.75) is 51.8 Å². The molecule has 1 saturated carbocycles. The number of ketones is 2.